The third-order valence-corrected chi connectivity index (χ3v) is 3.85. The average molecular weight is 305 g/mol. The van der Waals surface area contributed by atoms with Crippen molar-refractivity contribution in [1.82, 2.24) is 14.8 Å². The molecule has 1 N–H and O–H groups in total. The van der Waals surface area contributed by atoms with Crippen LogP contribution in [-0.4, -0.2) is 48.4 Å². The van der Waals surface area contributed by atoms with E-state index >= 15 is 0 Å². The first-order valence-corrected chi connectivity index (χ1v) is 7.22. The first-order valence-electron chi connectivity index (χ1n) is 6.84. The highest BCUT2D eigenvalue weighted by molar-refractivity contribution is 6.35. The number of hydrogen-bond acceptors (Lipinski definition) is 3. The van der Waals surface area contributed by atoms with Crippen LogP contribution in [0.15, 0.2) is 29.4 Å². The number of amides is 1. The number of nitrogens with zero attached hydrogens (tertiary/aromatic N) is 3. The number of halogens is 1. The molecular formula is C15H17ClN4O. The molecule has 1 aliphatic rings. The van der Waals surface area contributed by atoms with E-state index in [1.807, 2.05) is 29.0 Å². The highest BCUT2D eigenvalue weighted by Crippen LogP contribution is 2.28. The second-order valence-corrected chi connectivity index (χ2v) is 5.67. The Balaban J connectivity index is 2.13. The van der Waals surface area contributed by atoms with E-state index in [-0.39, 0.29) is 5.91 Å². The van der Waals surface area contributed by atoms with Crippen LogP contribution in [0, 0.1) is 0 Å². The molecule has 1 aliphatic heterocycles. The minimum Gasteiger partial charge on any atom is -0.370 e. The molecule has 0 atom stereocenters. The Morgan fingerprint density at radius 2 is 2.29 bits per heavy atom. The fraction of sp³-hybridized carbons (Fsp3) is 0.333. The summed E-state index contributed by atoms with van der Waals surface area (Å²) in [5, 5.41) is 4.76. The number of hydrogen-bond donors (Lipinski definition) is 1. The van der Waals surface area contributed by atoms with Gasteiger partial charge < -0.3 is 14.8 Å². The van der Waals surface area contributed by atoms with Gasteiger partial charge in [0.15, 0.2) is 0 Å². The molecule has 1 amide bonds. The Kier molecular flexibility index (Phi) is 3.59. The van der Waals surface area contributed by atoms with Gasteiger partial charge in [0.1, 0.15) is 5.84 Å². The van der Waals surface area contributed by atoms with Gasteiger partial charge in [-0.05, 0) is 6.07 Å². The molecule has 2 heterocycles. The first-order chi connectivity index (χ1) is 10.1. The Labute approximate surface area is 128 Å². The number of carbonyl (C=O) groups excluding carboxylic acids is 1. The van der Waals surface area contributed by atoms with E-state index in [9.17, 15) is 4.79 Å². The Hall–Kier alpha value is -2.01. The van der Waals surface area contributed by atoms with Gasteiger partial charge in [-0.15, -0.1) is 0 Å². The summed E-state index contributed by atoms with van der Waals surface area (Å²) in [6.45, 7) is 2.26. The van der Waals surface area contributed by atoms with E-state index < -0.39 is 0 Å². The molecule has 0 aliphatic carbocycles. The van der Waals surface area contributed by atoms with Crippen molar-refractivity contribution < 1.29 is 4.79 Å². The summed E-state index contributed by atoms with van der Waals surface area (Å²) in [7, 11) is 3.50. The van der Waals surface area contributed by atoms with Crippen LogP contribution < -0.4 is 5.32 Å². The number of amidine groups is 1. The van der Waals surface area contributed by atoms with Crippen LogP contribution in [0.4, 0.5) is 0 Å². The van der Waals surface area contributed by atoms with Crippen LogP contribution in [0.25, 0.3) is 10.9 Å². The lowest BCUT2D eigenvalue weighted by Gasteiger charge is -2.08. The van der Waals surface area contributed by atoms with Crippen molar-refractivity contribution in [3.63, 3.8) is 0 Å². The lowest BCUT2D eigenvalue weighted by molar-refractivity contribution is 0.0829. The molecule has 0 saturated carbocycles. The summed E-state index contributed by atoms with van der Waals surface area (Å²) in [4.78, 5) is 18.3. The largest absolute Gasteiger partial charge is 0.370 e. The van der Waals surface area contributed by atoms with Gasteiger partial charge in [-0.1, -0.05) is 23.7 Å². The predicted molar refractivity (Wildman–Crippen MR) is 85.3 cm³/mol. The van der Waals surface area contributed by atoms with Gasteiger partial charge in [-0.2, -0.15) is 0 Å². The zero-order valence-electron chi connectivity index (χ0n) is 12.1. The number of fused-ring (bicyclic) bond motifs is 1. The number of para-hydroxylation sites is 1. The van der Waals surface area contributed by atoms with Crippen LogP contribution in [0.3, 0.4) is 0 Å². The minimum atomic E-state index is -0.0256. The SMILES string of the molecule is CN(C)C(=O)c1cn(CC2=NCCN2)c2c(Cl)cccc12. The normalized spacial score (nSPS) is 14.1. The van der Waals surface area contributed by atoms with E-state index in [1.165, 1.54) is 0 Å². The Morgan fingerprint density at radius 3 is 2.95 bits per heavy atom. The quantitative estimate of drug-likeness (QED) is 0.943. The monoisotopic (exact) mass is 304 g/mol. The van der Waals surface area contributed by atoms with E-state index in [0.29, 0.717) is 17.1 Å². The fourth-order valence-corrected chi connectivity index (χ4v) is 2.85. The molecule has 0 spiro atoms. The second kappa shape index (κ2) is 5.41. The Bertz CT molecular complexity index is 733. The van der Waals surface area contributed by atoms with Crippen LogP contribution in [0.5, 0.6) is 0 Å². The molecule has 0 radical (unpaired) electrons. The van der Waals surface area contributed by atoms with Crippen LogP contribution >= 0.6 is 11.6 Å². The summed E-state index contributed by atoms with van der Waals surface area (Å²) in [6.07, 6.45) is 1.86. The molecule has 5 nitrogen and oxygen atoms in total. The molecule has 1 aromatic heterocycles. The molecule has 110 valence electrons. The molecule has 0 saturated heterocycles. The van der Waals surface area contributed by atoms with Gasteiger partial charge in [-0.25, -0.2) is 0 Å². The van der Waals surface area contributed by atoms with E-state index in [0.717, 1.165) is 29.8 Å². The molecular weight excluding hydrogens is 288 g/mol. The topological polar surface area (TPSA) is 49.6 Å². The summed E-state index contributed by atoms with van der Waals surface area (Å²) < 4.78 is 1.99. The van der Waals surface area contributed by atoms with Crippen molar-refractivity contribution in [2.24, 2.45) is 4.99 Å². The van der Waals surface area contributed by atoms with Crippen molar-refractivity contribution in [2.45, 2.75) is 6.54 Å². The van der Waals surface area contributed by atoms with Crippen molar-refractivity contribution in [2.75, 3.05) is 27.2 Å². The zero-order chi connectivity index (χ0) is 15.0. The van der Waals surface area contributed by atoms with E-state index in [1.54, 1.807) is 19.0 Å². The maximum atomic E-state index is 12.3. The summed E-state index contributed by atoms with van der Waals surface area (Å²) in [5.41, 5.74) is 1.54. The molecule has 0 unspecified atom stereocenters. The molecule has 3 rings (SSSR count). The molecule has 6 heteroatoms. The maximum Gasteiger partial charge on any atom is 0.255 e. The maximum absolute atomic E-state index is 12.3. The van der Waals surface area contributed by atoms with Gasteiger partial charge in [0.05, 0.1) is 29.2 Å². The third kappa shape index (κ3) is 2.49. The molecule has 0 fully saturated rings. The number of nitrogens with one attached hydrogen (secondary N) is 1. The van der Waals surface area contributed by atoms with Crippen LogP contribution in [0.1, 0.15) is 10.4 Å². The smallest absolute Gasteiger partial charge is 0.255 e. The zero-order valence-corrected chi connectivity index (χ0v) is 12.8. The molecule has 1 aromatic carbocycles. The summed E-state index contributed by atoms with van der Waals surface area (Å²) >= 11 is 6.34. The highest BCUT2D eigenvalue weighted by Gasteiger charge is 2.19. The van der Waals surface area contributed by atoms with E-state index in [2.05, 4.69) is 10.3 Å². The van der Waals surface area contributed by atoms with Crippen LogP contribution in [-0.2, 0) is 6.54 Å². The standard InChI is InChI=1S/C15H17ClN4O/c1-19(2)15(21)11-8-20(9-13-17-6-7-18-13)14-10(11)4-3-5-12(14)16/h3-5,8H,6-7,9H2,1-2H3,(H,17,18). The summed E-state index contributed by atoms with van der Waals surface area (Å²) in [5.74, 6) is 0.901. The van der Waals surface area contributed by atoms with Crippen molar-refractivity contribution >= 4 is 34.2 Å². The van der Waals surface area contributed by atoms with Gasteiger partial charge in [0.2, 0.25) is 0 Å². The van der Waals surface area contributed by atoms with Crippen molar-refractivity contribution in [3.8, 4) is 0 Å². The fourth-order valence-electron chi connectivity index (χ4n) is 2.56. The third-order valence-electron chi connectivity index (χ3n) is 3.55. The van der Waals surface area contributed by atoms with Crippen molar-refractivity contribution in [1.29, 1.82) is 0 Å². The van der Waals surface area contributed by atoms with Gasteiger partial charge >= 0.3 is 0 Å². The number of carbonyl (C=O) groups is 1. The predicted octanol–water partition coefficient (Wildman–Crippen LogP) is 2.00. The molecule has 21 heavy (non-hydrogen) atoms. The first kappa shape index (κ1) is 13.9. The van der Waals surface area contributed by atoms with Crippen LogP contribution in [0.2, 0.25) is 5.02 Å². The number of aliphatic imine (C=N–C) groups is 1. The van der Waals surface area contributed by atoms with Crippen molar-refractivity contribution in [3.05, 3.63) is 35.0 Å². The van der Waals surface area contributed by atoms with Gasteiger partial charge in [0.25, 0.3) is 5.91 Å². The van der Waals surface area contributed by atoms with E-state index in [4.69, 9.17) is 11.6 Å². The second-order valence-electron chi connectivity index (χ2n) is 5.26. The number of aromatic nitrogens is 1. The summed E-state index contributed by atoms with van der Waals surface area (Å²) in [6, 6.07) is 5.64. The average Bonchev–Trinajstić information content (AvgIpc) is 3.07. The van der Waals surface area contributed by atoms with Gasteiger partial charge in [0, 0.05) is 32.2 Å². The number of rotatable bonds is 3. The molecule has 2 aromatic rings. The lowest BCUT2D eigenvalue weighted by Crippen LogP contribution is -2.23. The molecule has 0 bridgehead atoms. The highest BCUT2D eigenvalue weighted by atomic mass is 35.5. The Morgan fingerprint density at radius 1 is 1.48 bits per heavy atom. The number of benzene rings is 1. The van der Waals surface area contributed by atoms with Gasteiger partial charge in [-0.3, -0.25) is 9.79 Å². The lowest BCUT2D eigenvalue weighted by atomic mass is 10.1. The minimum absolute atomic E-state index is 0.0256.